The smallest absolute Gasteiger partial charge is 0.0682 e. The highest BCUT2D eigenvalue weighted by Crippen LogP contribution is 2.38. The standard InChI is InChI=1S/C22H31N3O/c1-16(14-25-22-5-3-2-4-18(22)12-23-25)13-24-19-8-9-20(24)11-21(10-19)26-15-17-6-7-17/h2-5,12,16-17,19-21H,6-11,13-15H2,1H3/t16-,19-,20+,21?/m1/s1. The number of fused-ring (bicyclic) bond motifs is 3. The van der Waals surface area contributed by atoms with Crippen molar-refractivity contribution in [1.82, 2.24) is 14.7 Å². The van der Waals surface area contributed by atoms with E-state index in [1.165, 1.54) is 56.0 Å². The fourth-order valence-corrected chi connectivity index (χ4v) is 5.10. The maximum absolute atomic E-state index is 6.23. The van der Waals surface area contributed by atoms with E-state index in [1.54, 1.807) is 0 Å². The lowest BCUT2D eigenvalue weighted by Gasteiger charge is -2.40. The van der Waals surface area contributed by atoms with Gasteiger partial charge in [-0.1, -0.05) is 25.1 Å². The molecule has 4 nitrogen and oxygen atoms in total. The molecule has 26 heavy (non-hydrogen) atoms. The van der Waals surface area contributed by atoms with Gasteiger partial charge in [-0.15, -0.1) is 0 Å². The van der Waals surface area contributed by atoms with Gasteiger partial charge in [0.15, 0.2) is 0 Å². The lowest BCUT2D eigenvalue weighted by Crippen LogP contribution is -2.47. The Bertz CT molecular complexity index is 739. The molecule has 140 valence electrons. The van der Waals surface area contributed by atoms with Gasteiger partial charge in [0.2, 0.25) is 0 Å². The Labute approximate surface area is 156 Å². The first kappa shape index (κ1) is 16.8. The molecule has 0 radical (unpaired) electrons. The van der Waals surface area contributed by atoms with E-state index in [1.807, 2.05) is 6.20 Å². The van der Waals surface area contributed by atoms with E-state index in [-0.39, 0.29) is 0 Å². The predicted molar refractivity (Wildman–Crippen MR) is 104 cm³/mol. The Kier molecular flexibility index (Phi) is 4.49. The fraction of sp³-hybridized carbons (Fsp3) is 0.682. The summed E-state index contributed by atoms with van der Waals surface area (Å²) in [4.78, 5) is 2.80. The van der Waals surface area contributed by atoms with Gasteiger partial charge < -0.3 is 4.74 Å². The van der Waals surface area contributed by atoms with Gasteiger partial charge in [0.25, 0.3) is 0 Å². The van der Waals surface area contributed by atoms with Crippen LogP contribution < -0.4 is 0 Å². The second kappa shape index (κ2) is 6.97. The summed E-state index contributed by atoms with van der Waals surface area (Å²) in [6, 6.07) is 10.0. The molecule has 1 unspecified atom stereocenters. The van der Waals surface area contributed by atoms with Gasteiger partial charge in [0.1, 0.15) is 0 Å². The van der Waals surface area contributed by atoms with Crippen LogP contribution in [0.3, 0.4) is 0 Å². The maximum atomic E-state index is 6.23. The second-order valence-corrected chi connectivity index (χ2v) is 8.94. The molecule has 3 heterocycles. The van der Waals surface area contributed by atoms with Crippen molar-refractivity contribution < 1.29 is 4.74 Å². The highest BCUT2D eigenvalue weighted by molar-refractivity contribution is 5.78. The summed E-state index contributed by atoms with van der Waals surface area (Å²) in [5.74, 6) is 1.50. The number of hydrogen-bond donors (Lipinski definition) is 0. The lowest BCUT2D eigenvalue weighted by atomic mass is 9.98. The van der Waals surface area contributed by atoms with E-state index in [0.29, 0.717) is 12.0 Å². The molecule has 1 aromatic carbocycles. The van der Waals surface area contributed by atoms with E-state index in [4.69, 9.17) is 4.74 Å². The van der Waals surface area contributed by atoms with Gasteiger partial charge in [-0.25, -0.2) is 0 Å². The topological polar surface area (TPSA) is 30.3 Å². The number of ether oxygens (including phenoxy) is 1. The third-order valence-electron chi connectivity index (χ3n) is 6.66. The molecule has 1 saturated carbocycles. The average Bonchev–Trinajstić information content (AvgIpc) is 3.36. The molecule has 5 rings (SSSR count). The molecule has 4 heteroatoms. The van der Waals surface area contributed by atoms with Crippen LogP contribution in [0.15, 0.2) is 30.5 Å². The van der Waals surface area contributed by atoms with E-state index in [2.05, 4.69) is 45.9 Å². The number of benzene rings is 1. The molecule has 4 atom stereocenters. The van der Waals surface area contributed by atoms with Gasteiger partial charge in [-0.2, -0.15) is 5.10 Å². The van der Waals surface area contributed by atoms with Gasteiger partial charge in [-0.3, -0.25) is 9.58 Å². The lowest BCUT2D eigenvalue weighted by molar-refractivity contribution is -0.0276. The molecule has 0 spiro atoms. The van der Waals surface area contributed by atoms with Gasteiger partial charge in [-0.05, 0) is 56.4 Å². The summed E-state index contributed by atoms with van der Waals surface area (Å²) < 4.78 is 8.42. The van der Waals surface area contributed by atoms with Crippen LogP contribution in [0.4, 0.5) is 0 Å². The number of piperidine rings is 1. The monoisotopic (exact) mass is 353 g/mol. The van der Waals surface area contributed by atoms with Gasteiger partial charge >= 0.3 is 0 Å². The highest BCUT2D eigenvalue weighted by atomic mass is 16.5. The Morgan fingerprint density at radius 2 is 1.85 bits per heavy atom. The molecule has 3 aliphatic rings. The summed E-state index contributed by atoms with van der Waals surface area (Å²) >= 11 is 0. The summed E-state index contributed by atoms with van der Waals surface area (Å²) in [6.45, 7) is 5.60. The molecule has 1 aliphatic carbocycles. The van der Waals surface area contributed by atoms with Gasteiger partial charge in [0.05, 0.1) is 17.8 Å². The number of aromatic nitrogens is 2. The minimum Gasteiger partial charge on any atom is -0.378 e. The zero-order chi connectivity index (χ0) is 17.5. The third kappa shape index (κ3) is 3.41. The minimum absolute atomic E-state index is 0.523. The molecular formula is C22H31N3O. The number of nitrogens with zero attached hydrogens (tertiary/aromatic N) is 3. The number of para-hydroxylation sites is 1. The van der Waals surface area contributed by atoms with Crippen molar-refractivity contribution >= 4 is 10.9 Å². The normalized spacial score (nSPS) is 30.1. The van der Waals surface area contributed by atoms with Crippen molar-refractivity contribution in [1.29, 1.82) is 0 Å². The SMILES string of the molecule is C[C@H](CN1[C@@H]2CC[C@H]1CC(OCC1CC1)C2)Cn1ncc2ccccc21. The molecule has 3 fully saturated rings. The number of hydrogen-bond acceptors (Lipinski definition) is 3. The van der Waals surface area contributed by atoms with Gasteiger partial charge in [0, 0.05) is 37.2 Å². The quantitative estimate of drug-likeness (QED) is 0.751. The van der Waals surface area contributed by atoms with Crippen molar-refractivity contribution in [3.05, 3.63) is 30.5 Å². The zero-order valence-corrected chi connectivity index (χ0v) is 15.9. The fourth-order valence-electron chi connectivity index (χ4n) is 5.10. The van der Waals surface area contributed by atoms with Crippen LogP contribution in [0.2, 0.25) is 0 Å². The molecule has 0 N–H and O–H groups in total. The Hall–Kier alpha value is -1.39. The van der Waals surface area contributed by atoms with E-state index < -0.39 is 0 Å². The van der Waals surface area contributed by atoms with Crippen molar-refractivity contribution in [2.75, 3.05) is 13.2 Å². The first-order valence-corrected chi connectivity index (χ1v) is 10.5. The molecule has 1 aromatic heterocycles. The summed E-state index contributed by atoms with van der Waals surface area (Å²) in [6.07, 6.45) is 10.5. The first-order chi connectivity index (χ1) is 12.8. The first-order valence-electron chi connectivity index (χ1n) is 10.5. The Morgan fingerprint density at radius 3 is 2.62 bits per heavy atom. The predicted octanol–water partition coefficient (Wildman–Crippen LogP) is 4.09. The molecule has 2 saturated heterocycles. The van der Waals surface area contributed by atoms with Crippen LogP contribution in [0.25, 0.3) is 10.9 Å². The molecule has 0 amide bonds. The Balaban J connectivity index is 1.18. The second-order valence-electron chi connectivity index (χ2n) is 8.94. The van der Waals surface area contributed by atoms with E-state index in [0.717, 1.165) is 31.2 Å². The van der Waals surface area contributed by atoms with Crippen LogP contribution in [-0.2, 0) is 11.3 Å². The van der Waals surface area contributed by atoms with E-state index >= 15 is 0 Å². The van der Waals surface area contributed by atoms with Crippen molar-refractivity contribution in [2.45, 2.75) is 70.2 Å². The molecule has 2 bridgehead atoms. The van der Waals surface area contributed by atoms with Crippen LogP contribution >= 0.6 is 0 Å². The van der Waals surface area contributed by atoms with Crippen LogP contribution in [0, 0.1) is 11.8 Å². The van der Waals surface area contributed by atoms with Crippen molar-refractivity contribution in [3.8, 4) is 0 Å². The van der Waals surface area contributed by atoms with E-state index in [9.17, 15) is 0 Å². The highest BCUT2D eigenvalue weighted by Gasteiger charge is 2.41. The van der Waals surface area contributed by atoms with Crippen molar-refractivity contribution in [2.24, 2.45) is 11.8 Å². The summed E-state index contributed by atoms with van der Waals surface area (Å²) in [5, 5.41) is 5.86. The van der Waals surface area contributed by atoms with Crippen LogP contribution in [-0.4, -0.2) is 46.0 Å². The molecule has 2 aliphatic heterocycles. The third-order valence-corrected chi connectivity index (χ3v) is 6.66. The summed E-state index contributed by atoms with van der Waals surface area (Å²) in [5.41, 5.74) is 1.26. The number of rotatable bonds is 7. The van der Waals surface area contributed by atoms with Crippen LogP contribution in [0.5, 0.6) is 0 Å². The zero-order valence-electron chi connectivity index (χ0n) is 15.9. The molecule has 2 aromatic rings. The maximum Gasteiger partial charge on any atom is 0.0682 e. The van der Waals surface area contributed by atoms with Crippen molar-refractivity contribution in [3.63, 3.8) is 0 Å². The minimum atomic E-state index is 0.523. The Morgan fingerprint density at radius 1 is 1.08 bits per heavy atom. The summed E-state index contributed by atoms with van der Waals surface area (Å²) in [7, 11) is 0. The van der Waals surface area contributed by atoms with Crippen LogP contribution in [0.1, 0.15) is 45.4 Å². The average molecular weight is 354 g/mol. The largest absolute Gasteiger partial charge is 0.378 e. The molecular weight excluding hydrogens is 322 g/mol.